The summed E-state index contributed by atoms with van der Waals surface area (Å²) in [6.45, 7) is 0. The standard InChI is InChI=1S/C12H12FNO/c13-10-6-2-4-8-7-3-1-5-9(7)12(15)14-11(8)10/h2,4,6-7,9H,1,3,5H2,(H,14,15). The molecule has 0 spiro atoms. The average Bonchev–Trinajstić information content (AvgIpc) is 2.69. The van der Waals surface area contributed by atoms with Gasteiger partial charge in [0.25, 0.3) is 0 Å². The number of halogens is 1. The molecule has 1 amide bonds. The minimum Gasteiger partial charge on any atom is -0.323 e. The molecule has 2 nitrogen and oxygen atoms in total. The molecule has 0 bridgehead atoms. The monoisotopic (exact) mass is 205 g/mol. The van der Waals surface area contributed by atoms with Gasteiger partial charge in [-0.1, -0.05) is 18.6 Å². The Kier molecular flexibility index (Phi) is 1.81. The Labute approximate surface area is 87.5 Å². The topological polar surface area (TPSA) is 29.1 Å². The first kappa shape index (κ1) is 8.89. The molecule has 3 rings (SSSR count). The van der Waals surface area contributed by atoms with E-state index in [9.17, 15) is 9.18 Å². The van der Waals surface area contributed by atoms with E-state index in [0.717, 1.165) is 24.8 Å². The Hall–Kier alpha value is -1.38. The van der Waals surface area contributed by atoms with E-state index >= 15 is 0 Å². The molecule has 15 heavy (non-hydrogen) atoms. The van der Waals surface area contributed by atoms with Crippen LogP contribution in [0.1, 0.15) is 30.7 Å². The highest BCUT2D eigenvalue weighted by atomic mass is 19.1. The number of anilines is 1. The Morgan fingerprint density at radius 2 is 2.07 bits per heavy atom. The summed E-state index contributed by atoms with van der Waals surface area (Å²) in [6.07, 6.45) is 3.01. The van der Waals surface area contributed by atoms with Crippen molar-refractivity contribution in [2.24, 2.45) is 5.92 Å². The lowest BCUT2D eigenvalue weighted by atomic mass is 9.84. The van der Waals surface area contributed by atoms with Crippen molar-refractivity contribution in [3.05, 3.63) is 29.6 Å². The normalized spacial score (nSPS) is 28.2. The predicted molar refractivity (Wildman–Crippen MR) is 55.1 cm³/mol. The molecule has 78 valence electrons. The van der Waals surface area contributed by atoms with Gasteiger partial charge < -0.3 is 5.32 Å². The van der Waals surface area contributed by atoms with E-state index in [4.69, 9.17) is 0 Å². The molecule has 1 saturated carbocycles. The molecule has 1 fully saturated rings. The van der Waals surface area contributed by atoms with Crippen LogP contribution >= 0.6 is 0 Å². The zero-order valence-electron chi connectivity index (χ0n) is 8.29. The third kappa shape index (κ3) is 1.19. The highest BCUT2D eigenvalue weighted by Crippen LogP contribution is 2.46. The molecule has 2 atom stereocenters. The summed E-state index contributed by atoms with van der Waals surface area (Å²) in [5, 5.41) is 2.69. The minimum absolute atomic E-state index is 0.00454. The third-order valence-corrected chi connectivity index (χ3v) is 3.55. The van der Waals surface area contributed by atoms with Crippen molar-refractivity contribution in [3.8, 4) is 0 Å². The summed E-state index contributed by atoms with van der Waals surface area (Å²) in [4.78, 5) is 11.7. The van der Waals surface area contributed by atoms with E-state index in [0.29, 0.717) is 5.69 Å². The van der Waals surface area contributed by atoms with Crippen LogP contribution in [0.15, 0.2) is 18.2 Å². The van der Waals surface area contributed by atoms with Gasteiger partial charge in [0.15, 0.2) is 0 Å². The zero-order chi connectivity index (χ0) is 10.4. The second-order valence-electron chi connectivity index (χ2n) is 4.34. The highest BCUT2D eigenvalue weighted by molar-refractivity contribution is 5.97. The minimum atomic E-state index is -0.314. The number of fused-ring (bicyclic) bond motifs is 3. The molecule has 1 N–H and O–H groups in total. The Bertz CT molecular complexity index is 430. The number of carbonyl (C=O) groups excluding carboxylic acids is 1. The molecule has 0 radical (unpaired) electrons. The van der Waals surface area contributed by atoms with Crippen molar-refractivity contribution in [1.29, 1.82) is 0 Å². The van der Waals surface area contributed by atoms with E-state index in [1.807, 2.05) is 6.07 Å². The molecule has 2 aliphatic rings. The largest absolute Gasteiger partial charge is 0.323 e. The van der Waals surface area contributed by atoms with E-state index in [-0.39, 0.29) is 23.6 Å². The number of nitrogens with one attached hydrogen (secondary N) is 1. The molecule has 0 aromatic heterocycles. The molecule has 0 saturated heterocycles. The van der Waals surface area contributed by atoms with Crippen LogP contribution in [0.5, 0.6) is 0 Å². The molecule has 1 heterocycles. The van der Waals surface area contributed by atoms with E-state index in [2.05, 4.69) is 5.32 Å². The first-order valence-electron chi connectivity index (χ1n) is 5.36. The van der Waals surface area contributed by atoms with Crippen LogP contribution in [0.2, 0.25) is 0 Å². The lowest BCUT2D eigenvalue weighted by Gasteiger charge is -2.28. The maximum Gasteiger partial charge on any atom is 0.228 e. The van der Waals surface area contributed by atoms with Crippen molar-refractivity contribution >= 4 is 11.6 Å². The average molecular weight is 205 g/mol. The van der Waals surface area contributed by atoms with Gasteiger partial charge in [-0.3, -0.25) is 4.79 Å². The lowest BCUT2D eigenvalue weighted by Crippen LogP contribution is -2.31. The maximum atomic E-state index is 13.5. The second-order valence-corrected chi connectivity index (χ2v) is 4.34. The van der Waals surface area contributed by atoms with Crippen LogP contribution in [-0.4, -0.2) is 5.91 Å². The fourth-order valence-electron chi connectivity index (χ4n) is 2.84. The van der Waals surface area contributed by atoms with Gasteiger partial charge in [0, 0.05) is 5.92 Å². The van der Waals surface area contributed by atoms with Gasteiger partial charge in [-0.05, 0) is 30.4 Å². The van der Waals surface area contributed by atoms with Crippen molar-refractivity contribution in [3.63, 3.8) is 0 Å². The Morgan fingerprint density at radius 1 is 1.27 bits per heavy atom. The fourth-order valence-corrected chi connectivity index (χ4v) is 2.84. The van der Waals surface area contributed by atoms with Crippen molar-refractivity contribution in [2.75, 3.05) is 5.32 Å². The summed E-state index contributed by atoms with van der Waals surface area (Å²) in [5.41, 5.74) is 1.39. The number of carbonyl (C=O) groups is 1. The highest BCUT2D eigenvalue weighted by Gasteiger charge is 2.39. The van der Waals surface area contributed by atoms with Gasteiger partial charge in [0.05, 0.1) is 5.69 Å². The molecule has 3 heteroatoms. The van der Waals surface area contributed by atoms with Crippen LogP contribution in [0.4, 0.5) is 10.1 Å². The van der Waals surface area contributed by atoms with Gasteiger partial charge in [0.2, 0.25) is 5.91 Å². The van der Waals surface area contributed by atoms with Gasteiger partial charge in [-0.2, -0.15) is 0 Å². The van der Waals surface area contributed by atoms with Crippen molar-refractivity contribution < 1.29 is 9.18 Å². The summed E-state index contributed by atoms with van der Waals surface area (Å²) in [6, 6.07) is 5.05. The van der Waals surface area contributed by atoms with Gasteiger partial charge >= 0.3 is 0 Å². The number of hydrogen-bond donors (Lipinski definition) is 1. The zero-order valence-corrected chi connectivity index (χ0v) is 8.29. The van der Waals surface area contributed by atoms with Crippen LogP contribution in [0, 0.1) is 11.7 Å². The molecule has 2 unspecified atom stereocenters. The molecular formula is C12H12FNO. The number of rotatable bonds is 0. The number of amides is 1. The number of para-hydroxylation sites is 1. The smallest absolute Gasteiger partial charge is 0.228 e. The number of hydrogen-bond acceptors (Lipinski definition) is 1. The first-order valence-corrected chi connectivity index (χ1v) is 5.36. The Morgan fingerprint density at radius 3 is 2.93 bits per heavy atom. The molecular weight excluding hydrogens is 193 g/mol. The first-order chi connectivity index (χ1) is 7.27. The summed E-state index contributed by atoms with van der Waals surface area (Å²) in [7, 11) is 0. The van der Waals surface area contributed by atoms with Crippen LogP contribution < -0.4 is 5.32 Å². The lowest BCUT2D eigenvalue weighted by molar-refractivity contribution is -0.120. The molecule has 1 aromatic carbocycles. The van der Waals surface area contributed by atoms with Crippen LogP contribution in [0.3, 0.4) is 0 Å². The third-order valence-electron chi connectivity index (χ3n) is 3.55. The molecule has 1 aliphatic heterocycles. The SMILES string of the molecule is O=C1Nc2c(F)cccc2C2CCCC12. The van der Waals surface area contributed by atoms with Crippen molar-refractivity contribution in [2.45, 2.75) is 25.2 Å². The summed E-state index contributed by atoms with van der Waals surface area (Å²) >= 11 is 0. The van der Waals surface area contributed by atoms with Gasteiger partial charge in [-0.25, -0.2) is 4.39 Å². The fraction of sp³-hybridized carbons (Fsp3) is 0.417. The van der Waals surface area contributed by atoms with Gasteiger partial charge in [-0.15, -0.1) is 0 Å². The van der Waals surface area contributed by atoms with Gasteiger partial charge in [0.1, 0.15) is 5.82 Å². The quantitative estimate of drug-likeness (QED) is 0.693. The second kappa shape index (κ2) is 3.05. The van der Waals surface area contributed by atoms with E-state index in [1.54, 1.807) is 6.07 Å². The summed E-state index contributed by atoms with van der Waals surface area (Å²) < 4.78 is 13.5. The van der Waals surface area contributed by atoms with Crippen molar-refractivity contribution in [1.82, 2.24) is 0 Å². The van der Waals surface area contributed by atoms with Crippen LogP contribution in [0.25, 0.3) is 0 Å². The molecule has 1 aliphatic carbocycles. The molecule has 1 aromatic rings. The number of benzene rings is 1. The maximum absolute atomic E-state index is 13.5. The van der Waals surface area contributed by atoms with E-state index < -0.39 is 0 Å². The summed E-state index contributed by atoms with van der Waals surface area (Å²) in [5.74, 6) is -0.00921. The Balaban J connectivity index is 2.15. The predicted octanol–water partition coefficient (Wildman–Crippen LogP) is 2.66. The van der Waals surface area contributed by atoms with Crippen LogP contribution in [-0.2, 0) is 4.79 Å². The van der Waals surface area contributed by atoms with E-state index in [1.165, 1.54) is 6.07 Å².